The number of benzene rings is 1. The van der Waals surface area contributed by atoms with Crippen LogP contribution in [-0.2, 0) is 21.8 Å². The van der Waals surface area contributed by atoms with E-state index in [1.807, 2.05) is 0 Å². The van der Waals surface area contributed by atoms with Gasteiger partial charge in [-0.3, -0.25) is 4.79 Å². The summed E-state index contributed by atoms with van der Waals surface area (Å²) in [5.41, 5.74) is 4.04. The maximum Gasteiger partial charge on any atom is 0.416 e. The van der Waals surface area contributed by atoms with Crippen molar-refractivity contribution in [2.75, 3.05) is 0 Å². The number of halogens is 3. The van der Waals surface area contributed by atoms with Gasteiger partial charge in [-0.2, -0.15) is 18.4 Å². The first-order chi connectivity index (χ1) is 12.0. The van der Waals surface area contributed by atoms with Crippen molar-refractivity contribution in [3.63, 3.8) is 0 Å². The van der Waals surface area contributed by atoms with Crippen LogP contribution >= 0.6 is 11.3 Å². The van der Waals surface area contributed by atoms with Gasteiger partial charge in [-0.25, -0.2) is 8.42 Å². The number of hydrogen-bond donors (Lipinski definition) is 1. The molecule has 2 rings (SSSR count). The van der Waals surface area contributed by atoms with Crippen LogP contribution in [0.25, 0.3) is 6.08 Å². The first kappa shape index (κ1) is 19.7. The molecule has 1 aromatic heterocycles. The second-order valence-electron chi connectivity index (χ2n) is 5.14. The van der Waals surface area contributed by atoms with Gasteiger partial charge in [0, 0.05) is 4.88 Å². The van der Waals surface area contributed by atoms with Gasteiger partial charge in [0.2, 0.25) is 0 Å². The monoisotopic (exact) mass is 400 g/mol. The van der Waals surface area contributed by atoms with Gasteiger partial charge in [-0.1, -0.05) is 18.2 Å². The van der Waals surface area contributed by atoms with Gasteiger partial charge in [-0.05, 0) is 29.8 Å². The number of thiophene rings is 1. The molecule has 0 aliphatic carbocycles. The number of carbonyl (C=O) groups is 1. The Morgan fingerprint density at radius 3 is 2.50 bits per heavy atom. The molecule has 0 atom stereocenters. The number of carbonyl (C=O) groups excluding carboxylic acids is 1. The van der Waals surface area contributed by atoms with E-state index in [-0.39, 0.29) is 10.4 Å². The fourth-order valence-corrected chi connectivity index (χ4v) is 4.12. The molecule has 0 spiro atoms. The van der Waals surface area contributed by atoms with Gasteiger partial charge in [-0.15, -0.1) is 11.3 Å². The molecule has 1 aromatic carbocycles. The van der Waals surface area contributed by atoms with Crippen molar-refractivity contribution >= 4 is 33.2 Å². The summed E-state index contributed by atoms with van der Waals surface area (Å²) >= 11 is 0.898. The van der Waals surface area contributed by atoms with Crippen LogP contribution in [0.1, 0.15) is 25.7 Å². The normalized spacial score (nSPS) is 12.6. The van der Waals surface area contributed by atoms with Crippen LogP contribution in [0.5, 0.6) is 0 Å². The fraction of sp³-hybridized carbons (Fsp3) is 0.125. The average molecular weight is 400 g/mol. The molecule has 0 bridgehead atoms. The van der Waals surface area contributed by atoms with Crippen LogP contribution in [0.2, 0.25) is 0 Å². The van der Waals surface area contributed by atoms with E-state index in [1.165, 1.54) is 24.3 Å². The van der Waals surface area contributed by atoms with Gasteiger partial charge >= 0.3 is 6.18 Å². The van der Waals surface area contributed by atoms with Gasteiger partial charge in [0.1, 0.15) is 11.0 Å². The third-order valence-electron chi connectivity index (χ3n) is 3.20. The number of alkyl halides is 3. The average Bonchev–Trinajstić information content (AvgIpc) is 3.00. The lowest BCUT2D eigenvalue weighted by Crippen LogP contribution is -2.09. The lowest BCUT2D eigenvalue weighted by molar-refractivity contribution is -0.137. The van der Waals surface area contributed by atoms with Crippen molar-refractivity contribution in [2.45, 2.75) is 11.9 Å². The van der Waals surface area contributed by atoms with Crippen molar-refractivity contribution < 1.29 is 26.4 Å². The topological polar surface area (TPSA) is 101 Å². The highest BCUT2D eigenvalue weighted by molar-refractivity contribution is 7.95. The first-order valence-electron chi connectivity index (χ1n) is 6.93. The third-order valence-corrected chi connectivity index (χ3v) is 5.84. The van der Waals surface area contributed by atoms with Gasteiger partial charge in [0.15, 0.2) is 9.84 Å². The van der Waals surface area contributed by atoms with E-state index in [0.717, 1.165) is 35.6 Å². The van der Waals surface area contributed by atoms with Crippen LogP contribution < -0.4 is 5.73 Å². The smallest absolute Gasteiger partial charge is 0.365 e. The Labute approximate surface area is 151 Å². The molecule has 0 saturated heterocycles. The number of nitriles is 1. The molecule has 1 amide bonds. The van der Waals surface area contributed by atoms with Crippen molar-refractivity contribution in [1.82, 2.24) is 0 Å². The standard InChI is InChI=1S/C16H11F3N2O3S2/c17-16(18,19)11-3-1-2-10(6-11)9-26(23,24)13(8-20)7-12-4-5-14(25-12)15(21)22/h1-7H,9H2,(H2,21,22)/b13-7+. The summed E-state index contributed by atoms with van der Waals surface area (Å²) in [4.78, 5) is 10.9. The minimum Gasteiger partial charge on any atom is -0.365 e. The SMILES string of the molecule is N#C/C(=C\c1ccc(C(N)=O)s1)S(=O)(=O)Cc1cccc(C(F)(F)F)c1. The lowest BCUT2D eigenvalue weighted by Gasteiger charge is -2.09. The number of allylic oxidation sites excluding steroid dienone is 1. The predicted octanol–water partition coefficient (Wildman–Crippen LogP) is 3.35. The van der Waals surface area contributed by atoms with E-state index in [9.17, 15) is 26.4 Å². The Morgan fingerprint density at radius 2 is 1.96 bits per heavy atom. The molecular weight excluding hydrogens is 389 g/mol. The summed E-state index contributed by atoms with van der Waals surface area (Å²) in [5, 5.41) is 9.14. The van der Waals surface area contributed by atoms with Gasteiger partial charge < -0.3 is 5.73 Å². The van der Waals surface area contributed by atoms with Crippen LogP contribution in [0.3, 0.4) is 0 Å². The Morgan fingerprint density at radius 1 is 1.27 bits per heavy atom. The molecule has 0 fully saturated rings. The molecule has 2 aromatic rings. The molecule has 10 heteroatoms. The number of hydrogen-bond acceptors (Lipinski definition) is 5. The van der Waals surface area contributed by atoms with E-state index in [0.29, 0.717) is 4.88 Å². The molecule has 0 saturated carbocycles. The number of nitrogens with zero attached hydrogens (tertiary/aromatic N) is 1. The highest BCUT2D eigenvalue weighted by Crippen LogP contribution is 2.30. The number of rotatable bonds is 5. The zero-order valence-corrected chi connectivity index (χ0v) is 14.6. The minimum atomic E-state index is -4.60. The minimum absolute atomic E-state index is 0.0926. The van der Waals surface area contributed by atoms with Crippen molar-refractivity contribution in [1.29, 1.82) is 5.26 Å². The number of nitrogens with two attached hydrogens (primary N) is 1. The predicted molar refractivity (Wildman–Crippen MR) is 90.5 cm³/mol. The maximum absolute atomic E-state index is 12.7. The summed E-state index contributed by atoms with van der Waals surface area (Å²) in [5.74, 6) is -1.45. The molecular formula is C16H11F3N2O3S2. The second-order valence-corrected chi connectivity index (χ2v) is 8.22. The zero-order chi connectivity index (χ0) is 19.5. The van der Waals surface area contributed by atoms with E-state index < -0.39 is 38.1 Å². The molecule has 0 aliphatic rings. The van der Waals surface area contributed by atoms with Crippen LogP contribution in [0.4, 0.5) is 13.2 Å². The van der Waals surface area contributed by atoms with Crippen molar-refractivity contribution in [3.05, 3.63) is 62.2 Å². The Balaban J connectivity index is 2.34. The third kappa shape index (κ3) is 4.71. The molecule has 0 aliphatic heterocycles. The largest absolute Gasteiger partial charge is 0.416 e. The molecule has 2 N–H and O–H groups in total. The molecule has 26 heavy (non-hydrogen) atoms. The lowest BCUT2D eigenvalue weighted by atomic mass is 10.1. The molecule has 5 nitrogen and oxygen atoms in total. The number of primary amides is 1. The summed E-state index contributed by atoms with van der Waals surface area (Å²) < 4.78 is 62.9. The van der Waals surface area contributed by atoms with E-state index >= 15 is 0 Å². The van der Waals surface area contributed by atoms with E-state index in [4.69, 9.17) is 11.0 Å². The Bertz CT molecular complexity index is 1020. The summed E-state index contributed by atoms with van der Waals surface area (Å²) in [7, 11) is -4.17. The van der Waals surface area contributed by atoms with E-state index in [1.54, 1.807) is 0 Å². The first-order valence-corrected chi connectivity index (χ1v) is 9.40. The van der Waals surface area contributed by atoms with Crippen molar-refractivity contribution in [2.24, 2.45) is 5.73 Å². The van der Waals surface area contributed by atoms with Crippen LogP contribution in [0.15, 0.2) is 41.3 Å². The van der Waals surface area contributed by atoms with Crippen LogP contribution in [0, 0.1) is 11.3 Å². The number of amides is 1. The molecule has 0 radical (unpaired) electrons. The van der Waals surface area contributed by atoms with Gasteiger partial charge in [0.25, 0.3) is 5.91 Å². The Hall–Kier alpha value is -2.64. The summed E-state index contributed by atoms with van der Waals surface area (Å²) in [6.07, 6.45) is -3.55. The Kier molecular flexibility index (Phi) is 5.53. The molecule has 1 heterocycles. The van der Waals surface area contributed by atoms with Crippen molar-refractivity contribution in [3.8, 4) is 6.07 Å². The zero-order valence-electron chi connectivity index (χ0n) is 12.9. The highest BCUT2D eigenvalue weighted by Gasteiger charge is 2.31. The number of sulfone groups is 1. The maximum atomic E-state index is 12.7. The molecule has 0 unspecified atom stereocenters. The summed E-state index contributed by atoms with van der Waals surface area (Å²) in [6, 6.07) is 8.22. The van der Waals surface area contributed by atoms with Gasteiger partial charge in [0.05, 0.1) is 16.2 Å². The molecule has 136 valence electrons. The highest BCUT2D eigenvalue weighted by atomic mass is 32.2. The quantitative estimate of drug-likeness (QED) is 0.778. The second kappa shape index (κ2) is 7.31. The van der Waals surface area contributed by atoms with E-state index in [2.05, 4.69) is 0 Å². The van der Waals surface area contributed by atoms with Crippen LogP contribution in [-0.4, -0.2) is 14.3 Å². The fourth-order valence-electron chi connectivity index (χ4n) is 2.02. The summed E-state index contributed by atoms with van der Waals surface area (Å²) in [6.45, 7) is 0.